The summed E-state index contributed by atoms with van der Waals surface area (Å²) in [6, 6.07) is 0. The minimum Gasteiger partial charge on any atom is -0.469 e. The molecule has 0 saturated carbocycles. The fourth-order valence-corrected chi connectivity index (χ4v) is 2.46. The molecule has 0 bridgehead atoms. The van der Waals surface area contributed by atoms with Crippen molar-refractivity contribution in [2.45, 2.75) is 58.8 Å². The molecule has 0 N–H and O–H groups in total. The van der Waals surface area contributed by atoms with Gasteiger partial charge in [0.1, 0.15) is 0 Å². The Kier molecular flexibility index (Phi) is 8.01. The highest BCUT2D eigenvalue weighted by Gasteiger charge is 2.17. The molecule has 112 valence electrons. The molecule has 0 aliphatic heterocycles. The first-order chi connectivity index (χ1) is 9.65. The molecule has 1 aliphatic carbocycles. The van der Waals surface area contributed by atoms with E-state index in [0.29, 0.717) is 0 Å². The zero-order valence-electron chi connectivity index (χ0n) is 13.2. The van der Waals surface area contributed by atoms with E-state index in [1.807, 2.05) is 0 Å². The third-order valence-corrected chi connectivity index (χ3v) is 4.11. The van der Waals surface area contributed by atoms with E-state index < -0.39 is 0 Å². The van der Waals surface area contributed by atoms with Crippen LogP contribution in [-0.2, 0) is 9.53 Å². The number of rotatable bonds is 1. The van der Waals surface area contributed by atoms with E-state index in [0.717, 1.165) is 25.7 Å². The van der Waals surface area contributed by atoms with Gasteiger partial charge in [0.2, 0.25) is 0 Å². The summed E-state index contributed by atoms with van der Waals surface area (Å²) in [5.74, 6) is -0.105. The van der Waals surface area contributed by atoms with Crippen molar-refractivity contribution in [2.75, 3.05) is 7.11 Å². The van der Waals surface area contributed by atoms with E-state index in [9.17, 15) is 4.79 Å². The Balaban J connectivity index is 2.75. The van der Waals surface area contributed by atoms with Crippen LogP contribution in [0.3, 0.4) is 0 Å². The van der Waals surface area contributed by atoms with Gasteiger partial charge in [-0.25, -0.2) is 0 Å². The summed E-state index contributed by atoms with van der Waals surface area (Å²) in [6.45, 7) is 4.43. The highest BCUT2D eigenvalue weighted by molar-refractivity contribution is 5.72. The second-order valence-electron chi connectivity index (χ2n) is 5.66. The summed E-state index contributed by atoms with van der Waals surface area (Å²) in [5.41, 5.74) is 2.93. The van der Waals surface area contributed by atoms with Gasteiger partial charge in [-0.2, -0.15) is 0 Å². The molecule has 1 atom stereocenters. The highest BCUT2D eigenvalue weighted by Crippen LogP contribution is 2.22. The van der Waals surface area contributed by atoms with Crippen LogP contribution in [0.15, 0.2) is 35.5 Å². The van der Waals surface area contributed by atoms with Crippen LogP contribution in [0, 0.1) is 5.92 Å². The highest BCUT2D eigenvalue weighted by atomic mass is 16.5. The van der Waals surface area contributed by atoms with Crippen LogP contribution in [0.1, 0.15) is 58.8 Å². The second-order valence-corrected chi connectivity index (χ2v) is 5.66. The van der Waals surface area contributed by atoms with Crippen LogP contribution in [0.4, 0.5) is 0 Å². The largest absolute Gasteiger partial charge is 0.469 e. The van der Waals surface area contributed by atoms with Gasteiger partial charge in [0, 0.05) is 0 Å². The van der Waals surface area contributed by atoms with Gasteiger partial charge in [-0.05, 0) is 58.8 Å². The van der Waals surface area contributed by atoms with E-state index in [2.05, 4.69) is 38.2 Å². The summed E-state index contributed by atoms with van der Waals surface area (Å²) in [7, 11) is 1.48. The van der Waals surface area contributed by atoms with Gasteiger partial charge in [0.05, 0.1) is 13.0 Å². The molecule has 0 saturated heterocycles. The lowest BCUT2D eigenvalue weighted by atomic mass is 9.93. The van der Waals surface area contributed by atoms with Crippen LogP contribution in [0.2, 0.25) is 0 Å². The van der Waals surface area contributed by atoms with Crippen LogP contribution < -0.4 is 0 Å². The second kappa shape index (κ2) is 9.57. The molecule has 0 amide bonds. The number of hydrogen-bond acceptors (Lipinski definition) is 2. The lowest BCUT2D eigenvalue weighted by molar-refractivity contribution is -0.145. The van der Waals surface area contributed by atoms with E-state index in [4.69, 9.17) is 4.74 Å². The molecule has 0 aromatic rings. The topological polar surface area (TPSA) is 26.3 Å². The maximum atomic E-state index is 11.8. The van der Waals surface area contributed by atoms with Crippen LogP contribution in [0.25, 0.3) is 0 Å². The van der Waals surface area contributed by atoms with Gasteiger partial charge in [0.25, 0.3) is 0 Å². The summed E-state index contributed by atoms with van der Waals surface area (Å²) < 4.78 is 4.91. The number of allylic oxidation sites excluding steroid dienone is 6. The van der Waals surface area contributed by atoms with E-state index in [-0.39, 0.29) is 11.9 Å². The molecule has 2 nitrogen and oxygen atoms in total. The standard InChI is InChI=1S/C18H28O2/c1-15-11-9-7-5-4-6-8-10-12-17(18(19)20-3)14-13-16(15)2/h4,6,8,10,17H,5,7,9,11-14H2,1-3H3/b6-4+,10-8-,16-15-. The zero-order valence-corrected chi connectivity index (χ0v) is 13.2. The maximum absolute atomic E-state index is 11.8. The number of ether oxygens (including phenoxy) is 1. The maximum Gasteiger partial charge on any atom is 0.308 e. The first kappa shape index (κ1) is 16.7. The first-order valence-electron chi connectivity index (χ1n) is 7.70. The number of esters is 1. The quantitative estimate of drug-likeness (QED) is 0.499. The smallest absolute Gasteiger partial charge is 0.308 e. The molecule has 1 unspecified atom stereocenters. The molecule has 0 aromatic carbocycles. The Labute approximate surface area is 123 Å². The number of carbonyl (C=O) groups excluding carboxylic acids is 1. The Hall–Kier alpha value is -1.31. The molecule has 0 fully saturated rings. The van der Waals surface area contributed by atoms with Crippen molar-refractivity contribution in [3.63, 3.8) is 0 Å². The molecule has 0 radical (unpaired) electrons. The molecule has 20 heavy (non-hydrogen) atoms. The van der Waals surface area contributed by atoms with Crippen molar-refractivity contribution >= 4 is 5.97 Å². The minimum absolute atomic E-state index is 0.0182. The molecule has 0 aromatic heterocycles. The average molecular weight is 276 g/mol. The predicted molar refractivity (Wildman–Crippen MR) is 84.5 cm³/mol. The Morgan fingerprint density at radius 3 is 2.55 bits per heavy atom. The minimum atomic E-state index is -0.0869. The van der Waals surface area contributed by atoms with E-state index in [1.54, 1.807) is 0 Å². The predicted octanol–water partition coefficient (Wildman–Crippen LogP) is 4.97. The number of hydrogen-bond donors (Lipinski definition) is 0. The molecule has 1 rings (SSSR count). The van der Waals surface area contributed by atoms with Crippen molar-refractivity contribution < 1.29 is 9.53 Å². The number of methoxy groups -OCH3 is 1. The molecular weight excluding hydrogens is 248 g/mol. The van der Waals surface area contributed by atoms with E-state index in [1.165, 1.54) is 37.5 Å². The normalized spacial score (nSPS) is 29.2. The Morgan fingerprint density at radius 2 is 1.80 bits per heavy atom. The van der Waals surface area contributed by atoms with Gasteiger partial charge >= 0.3 is 5.97 Å². The van der Waals surface area contributed by atoms with Crippen LogP contribution in [0.5, 0.6) is 0 Å². The molecule has 0 heterocycles. The van der Waals surface area contributed by atoms with E-state index >= 15 is 0 Å². The van der Waals surface area contributed by atoms with Crippen LogP contribution in [-0.4, -0.2) is 13.1 Å². The van der Waals surface area contributed by atoms with Crippen LogP contribution >= 0.6 is 0 Å². The van der Waals surface area contributed by atoms with Crippen molar-refractivity contribution in [1.29, 1.82) is 0 Å². The zero-order chi connectivity index (χ0) is 14.8. The monoisotopic (exact) mass is 276 g/mol. The lowest BCUT2D eigenvalue weighted by Gasteiger charge is -2.14. The molecule has 2 heteroatoms. The van der Waals surface area contributed by atoms with Crippen molar-refractivity contribution in [3.8, 4) is 0 Å². The summed E-state index contributed by atoms with van der Waals surface area (Å²) in [6.07, 6.45) is 15.9. The Bertz CT molecular complexity index is 388. The fourth-order valence-electron chi connectivity index (χ4n) is 2.46. The molecule has 1 aliphatic rings. The molecule has 0 spiro atoms. The van der Waals surface area contributed by atoms with Gasteiger partial charge in [-0.1, -0.05) is 35.5 Å². The van der Waals surface area contributed by atoms with Gasteiger partial charge in [0.15, 0.2) is 0 Å². The molecular formula is C18H28O2. The third kappa shape index (κ3) is 6.23. The third-order valence-electron chi connectivity index (χ3n) is 4.11. The lowest BCUT2D eigenvalue weighted by Crippen LogP contribution is -2.15. The van der Waals surface area contributed by atoms with Crippen molar-refractivity contribution in [1.82, 2.24) is 0 Å². The van der Waals surface area contributed by atoms with Crippen molar-refractivity contribution in [3.05, 3.63) is 35.5 Å². The average Bonchev–Trinajstić information content (AvgIpc) is 2.46. The van der Waals surface area contributed by atoms with Gasteiger partial charge < -0.3 is 4.74 Å². The summed E-state index contributed by atoms with van der Waals surface area (Å²) in [4.78, 5) is 11.8. The van der Waals surface area contributed by atoms with Gasteiger partial charge in [-0.15, -0.1) is 0 Å². The van der Waals surface area contributed by atoms with Crippen molar-refractivity contribution in [2.24, 2.45) is 5.92 Å². The summed E-state index contributed by atoms with van der Waals surface area (Å²) >= 11 is 0. The van der Waals surface area contributed by atoms with Gasteiger partial charge in [-0.3, -0.25) is 4.79 Å². The Morgan fingerprint density at radius 1 is 1.10 bits per heavy atom. The fraction of sp³-hybridized carbons (Fsp3) is 0.611. The number of carbonyl (C=O) groups is 1. The SMILES string of the molecule is COC(=O)C1C/C=C\C=C\CCCC/C(C)=C(/C)CC1. The summed E-state index contributed by atoms with van der Waals surface area (Å²) in [5, 5.41) is 0. The first-order valence-corrected chi connectivity index (χ1v) is 7.70.